The normalized spacial score (nSPS) is 17.4. The fourth-order valence-electron chi connectivity index (χ4n) is 2.60. The molecule has 1 N–H and O–H groups in total. The van der Waals surface area contributed by atoms with Crippen LogP contribution >= 0.6 is 11.3 Å². The highest BCUT2D eigenvalue weighted by Crippen LogP contribution is 2.31. The molecule has 3 rings (SSSR count). The van der Waals surface area contributed by atoms with Crippen molar-refractivity contribution in [3.05, 3.63) is 33.5 Å². The molecular formula is C14H20N4S. The van der Waals surface area contributed by atoms with E-state index in [0.29, 0.717) is 12.1 Å². The van der Waals surface area contributed by atoms with Crippen molar-refractivity contribution in [2.45, 2.75) is 45.2 Å². The van der Waals surface area contributed by atoms with Crippen LogP contribution in [0.5, 0.6) is 0 Å². The van der Waals surface area contributed by atoms with E-state index in [4.69, 9.17) is 4.98 Å². The summed E-state index contributed by atoms with van der Waals surface area (Å²) in [5.41, 5.74) is 2.56. The summed E-state index contributed by atoms with van der Waals surface area (Å²) >= 11 is 1.88. The third kappa shape index (κ3) is 2.58. The molecule has 0 aliphatic heterocycles. The highest BCUT2D eigenvalue weighted by atomic mass is 32.1. The number of thiazole rings is 1. The van der Waals surface area contributed by atoms with Gasteiger partial charge in [0.05, 0.1) is 17.9 Å². The molecule has 2 heterocycles. The Morgan fingerprint density at radius 2 is 2.16 bits per heavy atom. The van der Waals surface area contributed by atoms with Crippen molar-refractivity contribution in [2.75, 3.05) is 0 Å². The molecule has 0 unspecified atom stereocenters. The standard InChI is InChI=1S/C14H20N4S/c1-9(11-7-15-18(3)8-11)16-10(2)14-17-12-5-4-6-13(12)19-14/h7-10,16H,4-6H2,1-3H3/t9-,10-/m0/s1. The lowest BCUT2D eigenvalue weighted by Crippen LogP contribution is -2.22. The van der Waals surface area contributed by atoms with E-state index in [0.717, 1.165) is 6.42 Å². The number of aryl methyl sites for hydroxylation is 3. The molecule has 102 valence electrons. The van der Waals surface area contributed by atoms with Gasteiger partial charge in [0.2, 0.25) is 0 Å². The summed E-state index contributed by atoms with van der Waals surface area (Å²) in [4.78, 5) is 6.28. The summed E-state index contributed by atoms with van der Waals surface area (Å²) in [6.45, 7) is 4.37. The summed E-state index contributed by atoms with van der Waals surface area (Å²) in [6.07, 6.45) is 7.65. The molecule has 1 aliphatic carbocycles. The van der Waals surface area contributed by atoms with Gasteiger partial charge in [-0.25, -0.2) is 4.98 Å². The Balaban J connectivity index is 1.68. The summed E-state index contributed by atoms with van der Waals surface area (Å²) in [6, 6.07) is 0.591. The zero-order chi connectivity index (χ0) is 13.4. The van der Waals surface area contributed by atoms with Gasteiger partial charge in [-0.05, 0) is 33.1 Å². The van der Waals surface area contributed by atoms with Crippen LogP contribution in [0.3, 0.4) is 0 Å². The molecule has 1 aliphatic rings. The first kappa shape index (κ1) is 12.8. The van der Waals surface area contributed by atoms with E-state index in [1.807, 2.05) is 29.3 Å². The fourth-order valence-corrected chi connectivity index (χ4v) is 3.77. The second-order valence-corrected chi connectivity index (χ2v) is 6.45. The molecular weight excluding hydrogens is 256 g/mol. The lowest BCUT2D eigenvalue weighted by atomic mass is 10.1. The van der Waals surface area contributed by atoms with Gasteiger partial charge in [0.15, 0.2) is 0 Å². The van der Waals surface area contributed by atoms with Crippen LogP contribution < -0.4 is 5.32 Å². The number of rotatable bonds is 4. The van der Waals surface area contributed by atoms with E-state index in [1.165, 1.54) is 34.0 Å². The molecule has 2 aromatic heterocycles. The molecule has 2 atom stereocenters. The topological polar surface area (TPSA) is 42.7 Å². The van der Waals surface area contributed by atoms with Crippen LogP contribution in [0.1, 0.15) is 53.5 Å². The fraction of sp³-hybridized carbons (Fsp3) is 0.571. The number of hydrogen-bond donors (Lipinski definition) is 1. The van der Waals surface area contributed by atoms with Gasteiger partial charge in [0.1, 0.15) is 5.01 Å². The maximum atomic E-state index is 4.78. The van der Waals surface area contributed by atoms with Crippen LogP contribution in [0.15, 0.2) is 12.4 Å². The van der Waals surface area contributed by atoms with Crippen LogP contribution in [0, 0.1) is 0 Å². The van der Waals surface area contributed by atoms with Crippen molar-refractivity contribution >= 4 is 11.3 Å². The van der Waals surface area contributed by atoms with Crippen molar-refractivity contribution < 1.29 is 0 Å². The lowest BCUT2D eigenvalue weighted by Gasteiger charge is -2.17. The molecule has 0 radical (unpaired) electrons. The van der Waals surface area contributed by atoms with E-state index in [2.05, 4.69) is 30.5 Å². The van der Waals surface area contributed by atoms with Crippen LogP contribution in [-0.4, -0.2) is 14.8 Å². The highest BCUT2D eigenvalue weighted by Gasteiger charge is 2.21. The monoisotopic (exact) mass is 276 g/mol. The van der Waals surface area contributed by atoms with Gasteiger partial charge in [0.25, 0.3) is 0 Å². The minimum Gasteiger partial charge on any atom is -0.301 e. The number of nitrogens with zero attached hydrogens (tertiary/aromatic N) is 3. The Labute approximate surface area is 117 Å². The molecule has 0 aromatic carbocycles. The second kappa shape index (κ2) is 5.06. The molecule has 0 saturated heterocycles. The Bertz CT molecular complexity index is 550. The molecule has 0 fully saturated rings. The smallest absolute Gasteiger partial charge is 0.110 e. The Kier molecular flexibility index (Phi) is 3.41. The first-order valence-electron chi connectivity index (χ1n) is 6.86. The van der Waals surface area contributed by atoms with Crippen molar-refractivity contribution in [1.29, 1.82) is 0 Å². The van der Waals surface area contributed by atoms with Gasteiger partial charge >= 0.3 is 0 Å². The molecule has 0 spiro atoms. The minimum atomic E-state index is 0.294. The largest absolute Gasteiger partial charge is 0.301 e. The first-order chi connectivity index (χ1) is 9.13. The number of aromatic nitrogens is 3. The average Bonchev–Trinajstić information content (AvgIpc) is 3.02. The quantitative estimate of drug-likeness (QED) is 0.933. The number of nitrogens with one attached hydrogen (secondary N) is 1. The highest BCUT2D eigenvalue weighted by molar-refractivity contribution is 7.11. The molecule has 0 bridgehead atoms. The maximum Gasteiger partial charge on any atom is 0.110 e. The number of hydrogen-bond acceptors (Lipinski definition) is 4. The van der Waals surface area contributed by atoms with E-state index < -0.39 is 0 Å². The summed E-state index contributed by atoms with van der Waals surface area (Å²) in [5.74, 6) is 0. The van der Waals surface area contributed by atoms with Crippen LogP contribution in [0.4, 0.5) is 0 Å². The van der Waals surface area contributed by atoms with E-state index in [1.54, 1.807) is 0 Å². The molecule has 0 saturated carbocycles. The van der Waals surface area contributed by atoms with Crippen molar-refractivity contribution in [2.24, 2.45) is 7.05 Å². The minimum absolute atomic E-state index is 0.294. The van der Waals surface area contributed by atoms with Crippen LogP contribution in [0.25, 0.3) is 0 Å². The van der Waals surface area contributed by atoms with Gasteiger partial charge in [-0.2, -0.15) is 5.10 Å². The first-order valence-corrected chi connectivity index (χ1v) is 7.68. The molecule has 4 nitrogen and oxygen atoms in total. The third-order valence-electron chi connectivity index (χ3n) is 3.71. The maximum absolute atomic E-state index is 4.78. The SMILES string of the molecule is C[C@H](N[C@@H](C)c1nc2c(s1)CCC2)c1cnn(C)c1. The predicted octanol–water partition coefficient (Wildman–Crippen LogP) is 2.78. The van der Waals surface area contributed by atoms with Crippen molar-refractivity contribution in [3.63, 3.8) is 0 Å². The summed E-state index contributed by atoms with van der Waals surface area (Å²) in [5, 5.41) is 9.05. The predicted molar refractivity (Wildman–Crippen MR) is 77.3 cm³/mol. The zero-order valence-electron chi connectivity index (χ0n) is 11.7. The van der Waals surface area contributed by atoms with E-state index in [9.17, 15) is 0 Å². The van der Waals surface area contributed by atoms with Crippen molar-refractivity contribution in [1.82, 2.24) is 20.1 Å². The van der Waals surface area contributed by atoms with E-state index >= 15 is 0 Å². The third-order valence-corrected chi connectivity index (χ3v) is 5.05. The molecule has 2 aromatic rings. The molecule has 0 amide bonds. The second-order valence-electron chi connectivity index (χ2n) is 5.33. The van der Waals surface area contributed by atoms with Crippen LogP contribution in [0.2, 0.25) is 0 Å². The Morgan fingerprint density at radius 3 is 2.84 bits per heavy atom. The Morgan fingerprint density at radius 1 is 1.32 bits per heavy atom. The summed E-state index contributed by atoms with van der Waals surface area (Å²) in [7, 11) is 1.95. The lowest BCUT2D eigenvalue weighted by molar-refractivity contribution is 0.492. The zero-order valence-corrected chi connectivity index (χ0v) is 12.5. The van der Waals surface area contributed by atoms with Gasteiger partial charge in [-0.1, -0.05) is 0 Å². The van der Waals surface area contributed by atoms with Gasteiger partial charge in [0, 0.05) is 29.7 Å². The average molecular weight is 276 g/mol. The van der Waals surface area contributed by atoms with Crippen LogP contribution in [-0.2, 0) is 19.9 Å². The van der Waals surface area contributed by atoms with Gasteiger partial charge < -0.3 is 5.32 Å². The van der Waals surface area contributed by atoms with Crippen molar-refractivity contribution in [3.8, 4) is 0 Å². The van der Waals surface area contributed by atoms with E-state index in [-0.39, 0.29) is 0 Å². The summed E-state index contributed by atoms with van der Waals surface area (Å²) < 4.78 is 1.84. The molecule has 5 heteroatoms. The Hall–Kier alpha value is -1.20. The molecule has 19 heavy (non-hydrogen) atoms. The van der Waals surface area contributed by atoms with Gasteiger partial charge in [-0.3, -0.25) is 4.68 Å². The number of fused-ring (bicyclic) bond motifs is 1. The van der Waals surface area contributed by atoms with Gasteiger partial charge in [-0.15, -0.1) is 11.3 Å².